The Bertz CT molecular complexity index is 288. The van der Waals surface area contributed by atoms with Gasteiger partial charge < -0.3 is 4.90 Å². The predicted octanol–water partition coefficient (Wildman–Crippen LogP) is 2.02. The number of amides is 1. The zero-order valence-corrected chi connectivity index (χ0v) is 8.23. The van der Waals surface area contributed by atoms with Gasteiger partial charge in [0.25, 0.3) is 0 Å². The zero-order valence-electron chi connectivity index (χ0n) is 8.23. The summed E-state index contributed by atoms with van der Waals surface area (Å²) >= 11 is 0. The van der Waals surface area contributed by atoms with Crippen molar-refractivity contribution in [2.45, 2.75) is 18.8 Å². The Labute approximate surface area is 84.5 Å². The highest BCUT2D eigenvalue weighted by Gasteiger charge is 2.18. The molecular weight excluding hydrogens is 174 g/mol. The Hall–Kier alpha value is -1.31. The summed E-state index contributed by atoms with van der Waals surface area (Å²) in [5.74, 6) is 0.646. The van der Waals surface area contributed by atoms with Crippen molar-refractivity contribution in [1.29, 1.82) is 0 Å². The summed E-state index contributed by atoms with van der Waals surface area (Å²) in [6, 6.07) is 10.6. The third kappa shape index (κ3) is 1.95. The summed E-state index contributed by atoms with van der Waals surface area (Å²) in [6.07, 6.45) is 3.16. The number of benzene rings is 1. The van der Waals surface area contributed by atoms with Gasteiger partial charge >= 0.3 is 0 Å². The molecule has 0 spiro atoms. The minimum Gasteiger partial charge on any atom is -0.345 e. The minimum absolute atomic E-state index is 0.646. The first-order valence-electron chi connectivity index (χ1n) is 5.14. The molecule has 1 heterocycles. The molecule has 1 saturated heterocycles. The number of piperidine rings is 1. The van der Waals surface area contributed by atoms with E-state index in [1.807, 2.05) is 11.0 Å². The van der Waals surface area contributed by atoms with Crippen molar-refractivity contribution in [3.63, 3.8) is 0 Å². The quantitative estimate of drug-likeness (QED) is 0.652. The van der Waals surface area contributed by atoms with E-state index >= 15 is 0 Å². The highest BCUT2D eigenvalue weighted by molar-refractivity contribution is 5.47. The van der Waals surface area contributed by atoms with Crippen molar-refractivity contribution in [1.82, 2.24) is 4.90 Å². The fraction of sp³-hybridized carbons (Fsp3) is 0.417. The third-order valence-corrected chi connectivity index (χ3v) is 2.95. The lowest BCUT2D eigenvalue weighted by Crippen LogP contribution is -2.31. The van der Waals surface area contributed by atoms with E-state index in [0.717, 1.165) is 32.3 Å². The molecule has 1 aromatic carbocycles. The highest BCUT2D eigenvalue weighted by Crippen LogP contribution is 2.26. The first-order valence-corrected chi connectivity index (χ1v) is 5.14. The van der Waals surface area contributed by atoms with Crippen LogP contribution in [0.4, 0.5) is 0 Å². The van der Waals surface area contributed by atoms with Crippen molar-refractivity contribution in [3.05, 3.63) is 35.9 Å². The van der Waals surface area contributed by atoms with Crippen LogP contribution in [0.15, 0.2) is 30.3 Å². The molecule has 1 fully saturated rings. The van der Waals surface area contributed by atoms with E-state index < -0.39 is 0 Å². The van der Waals surface area contributed by atoms with Crippen LogP contribution in [0.2, 0.25) is 0 Å². The van der Waals surface area contributed by atoms with Crippen LogP contribution in [-0.2, 0) is 4.79 Å². The molecule has 0 atom stereocenters. The zero-order chi connectivity index (χ0) is 9.80. The molecule has 0 radical (unpaired) electrons. The molecule has 2 rings (SSSR count). The van der Waals surface area contributed by atoms with Gasteiger partial charge in [-0.2, -0.15) is 0 Å². The van der Waals surface area contributed by atoms with Crippen LogP contribution in [0.3, 0.4) is 0 Å². The maximum atomic E-state index is 10.5. The Balaban J connectivity index is 1.99. The van der Waals surface area contributed by atoms with E-state index in [1.54, 1.807) is 0 Å². The lowest BCUT2D eigenvalue weighted by molar-refractivity contribution is -0.119. The SMILES string of the molecule is O=CN1CCC(c2ccccc2)CC1. The molecule has 2 nitrogen and oxygen atoms in total. The summed E-state index contributed by atoms with van der Waals surface area (Å²) in [5, 5.41) is 0. The summed E-state index contributed by atoms with van der Waals surface area (Å²) in [4.78, 5) is 12.4. The standard InChI is InChI=1S/C12H15NO/c14-10-13-8-6-12(7-9-13)11-4-2-1-3-5-11/h1-5,10,12H,6-9H2. The van der Waals surface area contributed by atoms with Gasteiger partial charge in [0.1, 0.15) is 0 Å². The van der Waals surface area contributed by atoms with Crippen molar-refractivity contribution in [3.8, 4) is 0 Å². The van der Waals surface area contributed by atoms with E-state index in [2.05, 4.69) is 24.3 Å². The molecule has 1 aliphatic rings. The average Bonchev–Trinajstić information content (AvgIpc) is 2.30. The van der Waals surface area contributed by atoms with Gasteiger partial charge in [0.05, 0.1) is 0 Å². The summed E-state index contributed by atoms with van der Waals surface area (Å²) in [6.45, 7) is 1.81. The van der Waals surface area contributed by atoms with Crippen molar-refractivity contribution in [2.24, 2.45) is 0 Å². The van der Waals surface area contributed by atoms with Gasteiger partial charge in [0.2, 0.25) is 6.41 Å². The monoisotopic (exact) mass is 189 g/mol. The number of nitrogens with zero attached hydrogens (tertiary/aromatic N) is 1. The van der Waals surface area contributed by atoms with Crippen LogP contribution in [0.1, 0.15) is 24.3 Å². The van der Waals surface area contributed by atoms with Crippen LogP contribution in [0.25, 0.3) is 0 Å². The van der Waals surface area contributed by atoms with Crippen molar-refractivity contribution < 1.29 is 4.79 Å². The number of carbonyl (C=O) groups is 1. The van der Waals surface area contributed by atoms with E-state index in [-0.39, 0.29) is 0 Å². The Kier molecular flexibility index (Phi) is 2.82. The van der Waals surface area contributed by atoms with Gasteiger partial charge in [-0.1, -0.05) is 30.3 Å². The Morgan fingerprint density at radius 1 is 1.14 bits per heavy atom. The van der Waals surface area contributed by atoms with Gasteiger partial charge in [0.15, 0.2) is 0 Å². The number of carbonyl (C=O) groups excluding carboxylic acids is 1. The minimum atomic E-state index is 0.646. The molecular formula is C12H15NO. The summed E-state index contributed by atoms with van der Waals surface area (Å²) < 4.78 is 0. The van der Waals surface area contributed by atoms with E-state index in [1.165, 1.54) is 5.56 Å². The van der Waals surface area contributed by atoms with Gasteiger partial charge in [-0.05, 0) is 24.3 Å². The molecule has 0 N–H and O–H groups in total. The van der Waals surface area contributed by atoms with Gasteiger partial charge in [-0.25, -0.2) is 0 Å². The molecule has 0 saturated carbocycles. The fourth-order valence-electron chi connectivity index (χ4n) is 2.06. The van der Waals surface area contributed by atoms with Crippen LogP contribution in [-0.4, -0.2) is 24.4 Å². The highest BCUT2D eigenvalue weighted by atomic mass is 16.1. The molecule has 14 heavy (non-hydrogen) atoms. The van der Waals surface area contributed by atoms with Crippen molar-refractivity contribution >= 4 is 6.41 Å². The molecule has 1 amide bonds. The normalized spacial score (nSPS) is 18.1. The molecule has 1 aliphatic heterocycles. The molecule has 74 valence electrons. The van der Waals surface area contributed by atoms with Crippen LogP contribution < -0.4 is 0 Å². The largest absolute Gasteiger partial charge is 0.345 e. The Morgan fingerprint density at radius 3 is 2.36 bits per heavy atom. The number of rotatable bonds is 2. The second-order valence-corrected chi connectivity index (χ2v) is 3.83. The third-order valence-electron chi connectivity index (χ3n) is 2.95. The lowest BCUT2D eigenvalue weighted by Gasteiger charge is -2.29. The number of likely N-dealkylation sites (tertiary alicyclic amines) is 1. The first-order chi connectivity index (χ1) is 6.90. The second kappa shape index (κ2) is 4.27. The molecule has 0 unspecified atom stereocenters. The lowest BCUT2D eigenvalue weighted by atomic mass is 9.90. The van der Waals surface area contributed by atoms with Crippen LogP contribution in [0, 0.1) is 0 Å². The van der Waals surface area contributed by atoms with Crippen LogP contribution in [0.5, 0.6) is 0 Å². The van der Waals surface area contributed by atoms with Crippen LogP contribution >= 0.6 is 0 Å². The average molecular weight is 189 g/mol. The second-order valence-electron chi connectivity index (χ2n) is 3.83. The van der Waals surface area contributed by atoms with Crippen molar-refractivity contribution in [2.75, 3.05) is 13.1 Å². The molecule has 0 aliphatic carbocycles. The smallest absolute Gasteiger partial charge is 0.209 e. The number of hydrogen-bond acceptors (Lipinski definition) is 1. The molecule has 1 aromatic rings. The van der Waals surface area contributed by atoms with E-state index in [9.17, 15) is 4.79 Å². The topological polar surface area (TPSA) is 20.3 Å². The Morgan fingerprint density at radius 2 is 1.79 bits per heavy atom. The van der Waals surface area contributed by atoms with Gasteiger partial charge in [-0.3, -0.25) is 4.79 Å². The summed E-state index contributed by atoms with van der Waals surface area (Å²) in [7, 11) is 0. The first kappa shape index (κ1) is 9.25. The number of hydrogen-bond donors (Lipinski definition) is 0. The predicted molar refractivity (Wildman–Crippen MR) is 56.1 cm³/mol. The van der Waals surface area contributed by atoms with Gasteiger partial charge in [-0.15, -0.1) is 0 Å². The van der Waals surface area contributed by atoms with E-state index in [0.29, 0.717) is 5.92 Å². The maximum Gasteiger partial charge on any atom is 0.209 e. The maximum absolute atomic E-state index is 10.5. The molecule has 0 bridgehead atoms. The molecule has 2 heteroatoms. The van der Waals surface area contributed by atoms with E-state index in [4.69, 9.17) is 0 Å². The molecule has 0 aromatic heterocycles. The van der Waals surface area contributed by atoms with Gasteiger partial charge in [0, 0.05) is 13.1 Å². The summed E-state index contributed by atoms with van der Waals surface area (Å²) in [5.41, 5.74) is 1.41. The fourth-order valence-corrected chi connectivity index (χ4v) is 2.06.